The zero-order valence-corrected chi connectivity index (χ0v) is 11.4. The Morgan fingerprint density at radius 2 is 1.65 bits per heavy atom. The summed E-state index contributed by atoms with van der Waals surface area (Å²) in [4.78, 5) is 0. The molecular formula is C14H26NO2+. The van der Waals surface area contributed by atoms with Gasteiger partial charge < -0.3 is 14.7 Å². The van der Waals surface area contributed by atoms with Crippen LogP contribution in [0.5, 0.6) is 0 Å². The second-order valence-corrected chi connectivity index (χ2v) is 5.07. The second kappa shape index (κ2) is 8.23. The molecule has 0 aliphatic rings. The number of hydrogen-bond donors (Lipinski definition) is 2. The van der Waals surface area contributed by atoms with E-state index < -0.39 is 0 Å². The largest absolute Gasteiger partial charge is 0.391 e. The van der Waals surface area contributed by atoms with E-state index in [1.165, 1.54) is 0 Å². The van der Waals surface area contributed by atoms with Gasteiger partial charge in [-0.15, -0.1) is 0 Å². The molecule has 0 spiro atoms. The van der Waals surface area contributed by atoms with Crippen molar-refractivity contribution in [2.75, 3.05) is 34.3 Å². The van der Waals surface area contributed by atoms with Gasteiger partial charge in [0, 0.05) is 0 Å². The molecule has 98 valence electrons. The van der Waals surface area contributed by atoms with Gasteiger partial charge in [-0.3, -0.25) is 0 Å². The van der Waals surface area contributed by atoms with Crippen molar-refractivity contribution in [3.05, 3.63) is 35.9 Å². The van der Waals surface area contributed by atoms with Gasteiger partial charge in [0.2, 0.25) is 0 Å². The van der Waals surface area contributed by atoms with Crippen LogP contribution in [0, 0.1) is 0 Å². The fourth-order valence-corrected chi connectivity index (χ4v) is 1.21. The quantitative estimate of drug-likeness (QED) is 0.788. The molecule has 0 radical (unpaired) electrons. The number of benzene rings is 1. The Balaban J connectivity index is 0.000000325. The molecule has 3 nitrogen and oxygen atoms in total. The van der Waals surface area contributed by atoms with Crippen LogP contribution in [0.1, 0.15) is 25.0 Å². The summed E-state index contributed by atoms with van der Waals surface area (Å²) in [5, 5.41) is 17.7. The normalized spacial score (nSPS) is 12.6. The number of aliphatic hydroxyl groups is 2. The van der Waals surface area contributed by atoms with Gasteiger partial charge in [0.05, 0.1) is 33.9 Å². The van der Waals surface area contributed by atoms with E-state index in [0.717, 1.165) is 23.0 Å². The molecule has 1 atom stereocenters. The highest BCUT2D eigenvalue weighted by Gasteiger charge is 2.02. The van der Waals surface area contributed by atoms with Crippen molar-refractivity contribution in [2.45, 2.75) is 19.4 Å². The first-order valence-corrected chi connectivity index (χ1v) is 6.05. The predicted molar refractivity (Wildman–Crippen MR) is 71.7 cm³/mol. The summed E-state index contributed by atoms with van der Waals surface area (Å²) in [6.45, 7) is 3.08. The van der Waals surface area contributed by atoms with Crippen LogP contribution in [0.4, 0.5) is 0 Å². The molecule has 1 unspecified atom stereocenters. The first-order valence-electron chi connectivity index (χ1n) is 6.05. The summed E-state index contributed by atoms with van der Waals surface area (Å²) < 4.78 is 0.844. The third-order valence-electron chi connectivity index (χ3n) is 2.34. The van der Waals surface area contributed by atoms with E-state index in [2.05, 4.69) is 21.1 Å². The highest BCUT2D eigenvalue weighted by atomic mass is 16.3. The molecule has 0 saturated heterocycles. The fourth-order valence-electron chi connectivity index (χ4n) is 1.21. The third-order valence-corrected chi connectivity index (χ3v) is 2.34. The van der Waals surface area contributed by atoms with Crippen LogP contribution in [0.3, 0.4) is 0 Å². The average Bonchev–Trinajstić information content (AvgIpc) is 2.28. The average molecular weight is 240 g/mol. The summed E-state index contributed by atoms with van der Waals surface area (Å²) in [5.41, 5.74) is 1.00. The number of likely N-dealkylation sites (N-methyl/N-ethyl adjacent to an activating group) is 1. The van der Waals surface area contributed by atoms with Crippen LogP contribution in [-0.2, 0) is 0 Å². The lowest BCUT2D eigenvalue weighted by Crippen LogP contribution is -2.36. The maximum absolute atomic E-state index is 9.33. The maximum Gasteiger partial charge on any atom is 0.101 e. The summed E-state index contributed by atoms with van der Waals surface area (Å²) >= 11 is 0. The van der Waals surface area contributed by atoms with Gasteiger partial charge in [0.25, 0.3) is 0 Å². The van der Waals surface area contributed by atoms with E-state index >= 15 is 0 Å². The van der Waals surface area contributed by atoms with Gasteiger partial charge in [-0.25, -0.2) is 0 Å². The summed E-state index contributed by atoms with van der Waals surface area (Å²) in [6, 6.07) is 9.70. The number of aliphatic hydroxyl groups excluding tert-OH is 2. The highest BCUT2D eigenvalue weighted by molar-refractivity contribution is 5.16. The minimum absolute atomic E-state index is 0.281. The Kier molecular flexibility index (Phi) is 7.79. The smallest absolute Gasteiger partial charge is 0.101 e. The Bertz CT molecular complexity index is 280. The molecule has 1 rings (SSSR count). The molecule has 0 bridgehead atoms. The molecular weight excluding hydrogens is 214 g/mol. The lowest BCUT2D eigenvalue weighted by Gasteiger charge is -2.21. The maximum atomic E-state index is 9.33. The van der Waals surface area contributed by atoms with Gasteiger partial charge in [-0.05, 0) is 12.0 Å². The molecule has 0 amide bonds. The Hall–Kier alpha value is -0.900. The van der Waals surface area contributed by atoms with Crippen LogP contribution in [0.15, 0.2) is 30.3 Å². The van der Waals surface area contributed by atoms with Gasteiger partial charge in [-0.1, -0.05) is 37.3 Å². The van der Waals surface area contributed by atoms with Gasteiger partial charge >= 0.3 is 0 Å². The Morgan fingerprint density at radius 1 is 1.12 bits per heavy atom. The first-order chi connectivity index (χ1) is 7.90. The molecule has 0 aliphatic carbocycles. The monoisotopic (exact) mass is 240 g/mol. The molecule has 0 aromatic heterocycles. The van der Waals surface area contributed by atoms with Crippen molar-refractivity contribution in [2.24, 2.45) is 0 Å². The first kappa shape index (κ1) is 16.1. The molecule has 1 aromatic carbocycles. The van der Waals surface area contributed by atoms with Gasteiger partial charge in [0.15, 0.2) is 0 Å². The summed E-state index contributed by atoms with van der Waals surface area (Å²) in [7, 11) is 6.16. The molecule has 17 heavy (non-hydrogen) atoms. The topological polar surface area (TPSA) is 40.5 Å². The van der Waals surface area contributed by atoms with E-state index in [0.29, 0.717) is 0 Å². The standard InChI is InChI=1S/C9H12O.C5H14NO/c1-2-9(10)8-6-4-3-5-7-8;1-6(2,3)4-5-7/h3-7,9-10H,2H2,1H3;7H,4-5H2,1-3H3/q;+1. The Morgan fingerprint density at radius 3 is 1.94 bits per heavy atom. The molecule has 0 saturated carbocycles. The van der Waals surface area contributed by atoms with Crippen LogP contribution < -0.4 is 0 Å². The number of quaternary nitrogens is 1. The molecule has 2 N–H and O–H groups in total. The lowest BCUT2D eigenvalue weighted by atomic mass is 10.1. The van der Waals surface area contributed by atoms with Crippen molar-refractivity contribution in [3.8, 4) is 0 Å². The van der Waals surface area contributed by atoms with Crippen molar-refractivity contribution >= 4 is 0 Å². The summed E-state index contributed by atoms with van der Waals surface area (Å²) in [5.74, 6) is 0. The minimum Gasteiger partial charge on any atom is -0.391 e. The number of hydrogen-bond acceptors (Lipinski definition) is 2. The molecule has 1 aromatic rings. The summed E-state index contributed by atoms with van der Waals surface area (Å²) in [6.07, 6.45) is 0.491. The van der Waals surface area contributed by atoms with Crippen molar-refractivity contribution in [1.29, 1.82) is 0 Å². The molecule has 3 heteroatoms. The SMILES string of the molecule is CCC(O)c1ccccc1.C[N+](C)(C)CCO. The fraction of sp³-hybridized carbons (Fsp3) is 0.571. The molecule has 0 heterocycles. The number of rotatable bonds is 4. The van der Waals surface area contributed by atoms with Gasteiger partial charge in [0.1, 0.15) is 6.54 Å². The molecule has 0 aliphatic heterocycles. The zero-order chi connectivity index (χ0) is 13.3. The minimum atomic E-state index is -0.291. The van der Waals surface area contributed by atoms with Gasteiger partial charge in [-0.2, -0.15) is 0 Å². The molecule has 0 fully saturated rings. The van der Waals surface area contributed by atoms with E-state index in [1.807, 2.05) is 37.3 Å². The van der Waals surface area contributed by atoms with E-state index in [9.17, 15) is 5.11 Å². The van der Waals surface area contributed by atoms with E-state index in [-0.39, 0.29) is 12.7 Å². The van der Waals surface area contributed by atoms with Crippen LogP contribution in [0.25, 0.3) is 0 Å². The third kappa shape index (κ3) is 8.86. The van der Waals surface area contributed by atoms with E-state index in [1.54, 1.807) is 0 Å². The van der Waals surface area contributed by atoms with E-state index in [4.69, 9.17) is 5.11 Å². The number of nitrogens with zero attached hydrogens (tertiary/aromatic N) is 1. The second-order valence-electron chi connectivity index (χ2n) is 5.07. The van der Waals surface area contributed by atoms with Crippen molar-refractivity contribution in [3.63, 3.8) is 0 Å². The predicted octanol–water partition coefficient (Wildman–Crippen LogP) is 1.81. The van der Waals surface area contributed by atoms with Crippen LogP contribution in [0.2, 0.25) is 0 Å². The zero-order valence-electron chi connectivity index (χ0n) is 11.4. The highest BCUT2D eigenvalue weighted by Crippen LogP contribution is 2.14. The van der Waals surface area contributed by atoms with Crippen LogP contribution >= 0.6 is 0 Å². The van der Waals surface area contributed by atoms with Crippen LogP contribution in [-0.4, -0.2) is 49.0 Å². The Labute approximate surface area is 105 Å². The lowest BCUT2D eigenvalue weighted by molar-refractivity contribution is -0.870. The van der Waals surface area contributed by atoms with Crippen molar-refractivity contribution < 1.29 is 14.7 Å². The van der Waals surface area contributed by atoms with Crippen molar-refractivity contribution in [1.82, 2.24) is 0 Å².